The number of amides is 1. The van der Waals surface area contributed by atoms with E-state index in [1.54, 1.807) is 11.2 Å². The van der Waals surface area contributed by atoms with Crippen LogP contribution in [0.15, 0.2) is 35.9 Å². The fourth-order valence-electron chi connectivity index (χ4n) is 5.92. The molecule has 2 aromatic rings. The summed E-state index contributed by atoms with van der Waals surface area (Å²) < 4.78 is 39.0. The van der Waals surface area contributed by atoms with Crippen LogP contribution < -0.4 is 0 Å². The Bertz CT molecular complexity index is 1310. The number of carbonyl (C=O) groups excluding carboxylic acids is 1. The van der Waals surface area contributed by atoms with Gasteiger partial charge in [-0.15, -0.1) is 10.2 Å². The minimum atomic E-state index is -1.25. The van der Waals surface area contributed by atoms with E-state index in [4.69, 9.17) is 9.47 Å². The predicted molar refractivity (Wildman–Crippen MR) is 141 cm³/mol. The Balaban J connectivity index is 1.49. The van der Waals surface area contributed by atoms with Crippen LogP contribution in [0.25, 0.3) is 5.57 Å². The Morgan fingerprint density at radius 3 is 2.59 bits per heavy atom. The molecule has 1 aliphatic carbocycles. The third-order valence-electron chi connectivity index (χ3n) is 7.89. The number of hydrogen-bond acceptors (Lipinski definition) is 9. The average Bonchev–Trinajstić information content (AvgIpc) is 3.38. The van der Waals surface area contributed by atoms with E-state index in [1.807, 2.05) is 25.8 Å². The Morgan fingerprint density at radius 1 is 1.21 bits per heavy atom. The number of hydrazine groups is 1. The van der Waals surface area contributed by atoms with Crippen LogP contribution in [-0.2, 0) is 20.7 Å². The largest absolute Gasteiger partial charge is 0.495 e. The molecule has 1 saturated carbocycles. The van der Waals surface area contributed by atoms with Crippen molar-refractivity contribution in [1.82, 2.24) is 25.1 Å². The first-order chi connectivity index (χ1) is 18.7. The molecule has 210 valence electrons. The molecule has 0 bridgehead atoms. The second-order valence-electron chi connectivity index (χ2n) is 9.87. The summed E-state index contributed by atoms with van der Waals surface area (Å²) in [5.74, 6) is -1.38. The minimum Gasteiger partial charge on any atom is -0.495 e. The van der Waals surface area contributed by atoms with Gasteiger partial charge in [0.15, 0.2) is 11.5 Å². The van der Waals surface area contributed by atoms with Crippen molar-refractivity contribution in [3.8, 4) is 0 Å². The molecule has 2 aliphatic heterocycles. The normalized spacial score (nSPS) is 25.8. The minimum absolute atomic E-state index is 0.127. The van der Waals surface area contributed by atoms with E-state index in [0.29, 0.717) is 34.3 Å². The van der Waals surface area contributed by atoms with Crippen LogP contribution in [0.2, 0.25) is 0 Å². The first-order valence-corrected chi connectivity index (χ1v) is 14.0. The molecular formula is C27H33F2N5O4S. The Hall–Kier alpha value is -2.93. The molecule has 0 radical (unpaired) electrons. The van der Waals surface area contributed by atoms with Crippen LogP contribution in [0.5, 0.6) is 0 Å². The maximum atomic E-state index is 14.2. The fraction of sp³-hybridized carbons (Fsp3) is 0.519. The van der Waals surface area contributed by atoms with E-state index < -0.39 is 23.4 Å². The highest BCUT2D eigenvalue weighted by molar-refractivity contribution is 7.12. The molecular weight excluding hydrogens is 528 g/mol. The van der Waals surface area contributed by atoms with Crippen molar-refractivity contribution >= 4 is 22.8 Å². The summed E-state index contributed by atoms with van der Waals surface area (Å²) in [6.45, 7) is 5.10. The van der Waals surface area contributed by atoms with Gasteiger partial charge in [-0.2, -0.15) is 5.01 Å². The van der Waals surface area contributed by atoms with Gasteiger partial charge in [0.1, 0.15) is 33.4 Å². The molecule has 39 heavy (non-hydrogen) atoms. The first kappa shape index (κ1) is 27.6. The molecule has 3 aliphatic rings. The highest BCUT2D eigenvalue weighted by Gasteiger charge is 2.55. The Labute approximate surface area is 230 Å². The zero-order valence-corrected chi connectivity index (χ0v) is 23.3. The van der Waals surface area contributed by atoms with Gasteiger partial charge >= 0.3 is 0 Å². The van der Waals surface area contributed by atoms with Gasteiger partial charge in [-0.25, -0.2) is 8.78 Å². The molecule has 1 amide bonds. The van der Waals surface area contributed by atoms with Crippen LogP contribution in [0.1, 0.15) is 55.1 Å². The SMILES string of the molecule is CCO[C@H]1CC[C@]2(CC1)N(CC)C(=O)C1=C(OC)C(O)C(c3nnc(Cc4ccc(F)cc4F)s3)=CN1N2C. The van der Waals surface area contributed by atoms with E-state index in [-0.39, 0.29) is 29.9 Å². The van der Waals surface area contributed by atoms with Crippen molar-refractivity contribution in [3.63, 3.8) is 0 Å². The molecule has 9 nitrogen and oxygen atoms in total. The molecule has 1 aromatic carbocycles. The van der Waals surface area contributed by atoms with Gasteiger partial charge in [0.25, 0.3) is 5.91 Å². The number of aromatic nitrogens is 2. The lowest BCUT2D eigenvalue weighted by molar-refractivity contribution is -0.198. The van der Waals surface area contributed by atoms with Crippen LogP contribution in [0.3, 0.4) is 0 Å². The third kappa shape index (κ3) is 4.73. The topological polar surface area (TPSA) is 91.3 Å². The van der Waals surface area contributed by atoms with E-state index >= 15 is 0 Å². The average molecular weight is 562 g/mol. The third-order valence-corrected chi connectivity index (χ3v) is 8.86. The lowest BCUT2D eigenvalue weighted by Gasteiger charge is -2.59. The molecule has 1 spiro atoms. The lowest BCUT2D eigenvalue weighted by atomic mass is 9.83. The molecule has 1 N–H and O–H groups in total. The maximum absolute atomic E-state index is 14.2. The van der Waals surface area contributed by atoms with E-state index in [2.05, 4.69) is 15.2 Å². The van der Waals surface area contributed by atoms with Crippen LogP contribution in [0, 0.1) is 11.6 Å². The van der Waals surface area contributed by atoms with Crippen molar-refractivity contribution in [2.75, 3.05) is 27.3 Å². The molecule has 1 atom stereocenters. The van der Waals surface area contributed by atoms with E-state index in [9.17, 15) is 18.7 Å². The number of benzene rings is 1. The van der Waals surface area contributed by atoms with Crippen molar-refractivity contribution in [1.29, 1.82) is 0 Å². The van der Waals surface area contributed by atoms with Gasteiger partial charge in [0, 0.05) is 44.5 Å². The molecule has 2 fully saturated rings. The number of carbonyl (C=O) groups is 1. The molecule has 1 saturated heterocycles. The Kier molecular flexibility index (Phi) is 7.73. The first-order valence-electron chi connectivity index (χ1n) is 13.1. The summed E-state index contributed by atoms with van der Waals surface area (Å²) in [7, 11) is 3.37. The summed E-state index contributed by atoms with van der Waals surface area (Å²) >= 11 is 1.20. The number of fused-ring (bicyclic) bond motifs is 1. The van der Waals surface area contributed by atoms with Crippen LogP contribution >= 0.6 is 11.3 Å². The number of nitrogens with zero attached hydrogens (tertiary/aromatic N) is 5. The highest BCUT2D eigenvalue weighted by atomic mass is 32.1. The zero-order chi connectivity index (χ0) is 27.9. The van der Waals surface area contributed by atoms with Crippen LogP contribution in [0.4, 0.5) is 8.78 Å². The molecule has 12 heteroatoms. The number of rotatable bonds is 7. The van der Waals surface area contributed by atoms with Gasteiger partial charge in [0.05, 0.1) is 13.2 Å². The van der Waals surface area contributed by atoms with Crippen molar-refractivity contribution in [2.24, 2.45) is 0 Å². The van der Waals surface area contributed by atoms with Crippen LogP contribution in [-0.4, -0.2) is 81.3 Å². The Morgan fingerprint density at radius 2 is 1.95 bits per heavy atom. The van der Waals surface area contributed by atoms with Crippen molar-refractivity contribution in [3.05, 3.63) is 63.1 Å². The second kappa shape index (κ2) is 10.9. The van der Waals surface area contributed by atoms with E-state index in [1.165, 1.54) is 30.6 Å². The monoisotopic (exact) mass is 561 g/mol. The van der Waals surface area contributed by atoms with Crippen molar-refractivity contribution in [2.45, 2.75) is 63.8 Å². The number of hydrogen-bond donors (Lipinski definition) is 1. The smallest absolute Gasteiger partial charge is 0.277 e. The summed E-state index contributed by atoms with van der Waals surface area (Å²) in [4.78, 5) is 15.8. The lowest BCUT2D eigenvalue weighted by Crippen LogP contribution is -2.71. The number of aliphatic hydroxyl groups is 1. The summed E-state index contributed by atoms with van der Waals surface area (Å²) in [5, 5.41) is 24.5. The van der Waals surface area contributed by atoms with Gasteiger partial charge in [-0.1, -0.05) is 17.4 Å². The van der Waals surface area contributed by atoms with Gasteiger partial charge < -0.3 is 19.5 Å². The quantitative estimate of drug-likeness (QED) is 0.548. The molecule has 1 unspecified atom stereocenters. The fourth-order valence-corrected chi connectivity index (χ4v) is 6.82. The standard InChI is InChI=1S/C27H33F2N5O4S/c1-5-33-26(36)22-24(37-4)23(35)19(15-34(22)32(3)27(33)11-9-18(10-12-27)38-6-2)25-31-30-21(39-25)13-16-7-8-17(28)14-20(16)29/h7-8,14-15,18,23,35H,5-6,9-13H2,1-4H3/t18-,23?,27+. The number of aliphatic hydroxyl groups excluding tert-OH is 1. The molecule has 3 heterocycles. The number of likely N-dealkylation sites (N-methyl/N-ethyl adjacent to an activating group) is 1. The van der Waals surface area contributed by atoms with Gasteiger partial charge in [-0.05, 0) is 51.2 Å². The summed E-state index contributed by atoms with van der Waals surface area (Å²) in [5.41, 5.74) is 0.413. The number of methoxy groups -OCH3 is 1. The molecule has 1 aromatic heterocycles. The molecule has 5 rings (SSSR count). The maximum Gasteiger partial charge on any atom is 0.277 e. The summed E-state index contributed by atoms with van der Waals surface area (Å²) in [6.07, 6.45) is 3.87. The summed E-state index contributed by atoms with van der Waals surface area (Å²) in [6, 6.07) is 3.42. The van der Waals surface area contributed by atoms with Crippen molar-refractivity contribution < 1.29 is 28.2 Å². The van der Waals surface area contributed by atoms with E-state index in [0.717, 1.165) is 31.7 Å². The van der Waals surface area contributed by atoms with Gasteiger partial charge in [-0.3, -0.25) is 9.80 Å². The number of ether oxygens (including phenoxy) is 2. The predicted octanol–water partition coefficient (Wildman–Crippen LogP) is 3.67. The second-order valence-corrected chi connectivity index (χ2v) is 10.9. The zero-order valence-electron chi connectivity index (χ0n) is 22.5. The number of halogens is 2. The highest BCUT2D eigenvalue weighted by Crippen LogP contribution is 2.46. The van der Waals surface area contributed by atoms with Gasteiger partial charge in [0.2, 0.25) is 0 Å².